The van der Waals surface area contributed by atoms with Crippen LogP contribution in [0.5, 0.6) is 5.75 Å². The van der Waals surface area contributed by atoms with Gasteiger partial charge in [0.05, 0.1) is 16.5 Å². The fourth-order valence-corrected chi connectivity index (χ4v) is 3.22. The SMILES string of the molecule is CCn1cc(Br)c2c(OCc3ccccc3)cc(C(=O)O)cc21. The number of aromatic nitrogens is 1. The van der Waals surface area contributed by atoms with Crippen molar-refractivity contribution in [1.29, 1.82) is 0 Å². The molecule has 1 aromatic heterocycles. The van der Waals surface area contributed by atoms with E-state index in [4.69, 9.17) is 4.74 Å². The van der Waals surface area contributed by atoms with E-state index >= 15 is 0 Å². The van der Waals surface area contributed by atoms with E-state index in [0.717, 1.165) is 27.5 Å². The number of aromatic carboxylic acids is 1. The molecule has 118 valence electrons. The lowest BCUT2D eigenvalue weighted by molar-refractivity contribution is 0.0696. The predicted octanol–water partition coefficient (Wildman–Crippen LogP) is 4.70. The van der Waals surface area contributed by atoms with Crippen LogP contribution < -0.4 is 4.74 Å². The second-order valence-electron chi connectivity index (χ2n) is 5.21. The van der Waals surface area contributed by atoms with Crippen LogP contribution in [0, 0.1) is 0 Å². The Morgan fingerprint density at radius 2 is 2.00 bits per heavy atom. The minimum atomic E-state index is -0.962. The molecule has 0 atom stereocenters. The van der Waals surface area contributed by atoms with Gasteiger partial charge in [-0.05, 0) is 40.5 Å². The van der Waals surface area contributed by atoms with Crippen molar-refractivity contribution in [2.75, 3.05) is 0 Å². The third-order valence-electron chi connectivity index (χ3n) is 3.72. The molecule has 23 heavy (non-hydrogen) atoms. The van der Waals surface area contributed by atoms with Crippen LogP contribution in [-0.2, 0) is 13.2 Å². The van der Waals surface area contributed by atoms with Crippen LogP contribution in [0.1, 0.15) is 22.8 Å². The lowest BCUT2D eigenvalue weighted by Gasteiger charge is -2.10. The zero-order chi connectivity index (χ0) is 16.4. The van der Waals surface area contributed by atoms with E-state index in [1.165, 1.54) is 0 Å². The van der Waals surface area contributed by atoms with Gasteiger partial charge in [-0.25, -0.2) is 4.79 Å². The highest BCUT2D eigenvalue weighted by atomic mass is 79.9. The van der Waals surface area contributed by atoms with Gasteiger partial charge in [0, 0.05) is 17.2 Å². The number of nitrogens with zero attached hydrogens (tertiary/aromatic N) is 1. The van der Waals surface area contributed by atoms with Gasteiger partial charge in [-0.3, -0.25) is 0 Å². The minimum absolute atomic E-state index is 0.223. The summed E-state index contributed by atoms with van der Waals surface area (Å²) >= 11 is 3.55. The molecule has 3 aromatic rings. The van der Waals surface area contributed by atoms with E-state index in [1.54, 1.807) is 12.1 Å². The number of halogens is 1. The van der Waals surface area contributed by atoms with Gasteiger partial charge in [0.15, 0.2) is 0 Å². The van der Waals surface area contributed by atoms with Crippen LogP contribution in [0.25, 0.3) is 10.9 Å². The fourth-order valence-electron chi connectivity index (χ4n) is 2.57. The number of hydrogen-bond donors (Lipinski definition) is 1. The molecule has 0 spiro atoms. The number of rotatable bonds is 5. The third-order valence-corrected chi connectivity index (χ3v) is 4.32. The summed E-state index contributed by atoms with van der Waals surface area (Å²) < 4.78 is 8.83. The molecular formula is C18H16BrNO3. The fraction of sp³-hybridized carbons (Fsp3) is 0.167. The summed E-state index contributed by atoms with van der Waals surface area (Å²) in [6.45, 7) is 3.16. The normalized spacial score (nSPS) is 10.9. The first-order valence-corrected chi connectivity index (χ1v) is 8.12. The van der Waals surface area contributed by atoms with Crippen LogP contribution >= 0.6 is 15.9 Å². The quantitative estimate of drug-likeness (QED) is 0.704. The monoisotopic (exact) mass is 373 g/mol. The van der Waals surface area contributed by atoms with Crippen molar-refractivity contribution in [3.05, 3.63) is 64.3 Å². The first kappa shape index (κ1) is 15.6. The van der Waals surface area contributed by atoms with Crippen molar-refractivity contribution in [3.8, 4) is 5.75 Å². The molecule has 0 radical (unpaired) electrons. The van der Waals surface area contributed by atoms with Crippen LogP contribution in [-0.4, -0.2) is 15.6 Å². The average Bonchev–Trinajstić information content (AvgIpc) is 2.90. The minimum Gasteiger partial charge on any atom is -0.488 e. The number of hydrogen-bond acceptors (Lipinski definition) is 2. The molecule has 0 aliphatic rings. The number of ether oxygens (including phenoxy) is 1. The van der Waals surface area contributed by atoms with Gasteiger partial charge in [0.25, 0.3) is 0 Å². The van der Waals surface area contributed by atoms with E-state index in [-0.39, 0.29) is 5.56 Å². The second kappa shape index (κ2) is 6.46. The lowest BCUT2D eigenvalue weighted by atomic mass is 10.1. The summed E-state index contributed by atoms with van der Waals surface area (Å²) in [6, 6.07) is 13.1. The summed E-state index contributed by atoms with van der Waals surface area (Å²) in [5.41, 5.74) is 2.11. The largest absolute Gasteiger partial charge is 0.488 e. The Labute approximate surface area is 142 Å². The smallest absolute Gasteiger partial charge is 0.335 e. The maximum absolute atomic E-state index is 11.4. The topological polar surface area (TPSA) is 51.5 Å². The summed E-state index contributed by atoms with van der Waals surface area (Å²) in [6.07, 6.45) is 1.95. The van der Waals surface area contributed by atoms with Crippen LogP contribution in [0.3, 0.4) is 0 Å². The van der Waals surface area contributed by atoms with E-state index in [0.29, 0.717) is 12.4 Å². The molecular weight excluding hydrogens is 358 g/mol. The molecule has 0 aliphatic heterocycles. The van der Waals surface area contributed by atoms with E-state index in [1.807, 2.05) is 48.0 Å². The summed E-state index contributed by atoms with van der Waals surface area (Å²) in [5.74, 6) is -0.390. The Kier molecular flexibility index (Phi) is 4.39. The standard InChI is InChI=1S/C18H16BrNO3/c1-2-20-10-14(19)17-15(20)8-13(18(21)22)9-16(17)23-11-12-6-4-3-5-7-12/h3-10H,2,11H2,1H3,(H,21,22). The zero-order valence-corrected chi connectivity index (χ0v) is 14.2. The second-order valence-corrected chi connectivity index (χ2v) is 6.07. The molecule has 5 heteroatoms. The predicted molar refractivity (Wildman–Crippen MR) is 93.0 cm³/mol. The van der Waals surface area contributed by atoms with Gasteiger partial charge in [-0.2, -0.15) is 0 Å². The van der Waals surface area contributed by atoms with Crippen molar-refractivity contribution in [3.63, 3.8) is 0 Å². The van der Waals surface area contributed by atoms with Crippen molar-refractivity contribution < 1.29 is 14.6 Å². The Bertz CT molecular complexity index is 856. The summed E-state index contributed by atoms with van der Waals surface area (Å²) in [4.78, 5) is 11.4. The van der Waals surface area contributed by atoms with Gasteiger partial charge in [0.2, 0.25) is 0 Å². The van der Waals surface area contributed by atoms with Gasteiger partial charge < -0.3 is 14.4 Å². The molecule has 4 nitrogen and oxygen atoms in total. The molecule has 0 saturated carbocycles. The summed E-state index contributed by atoms with van der Waals surface area (Å²) in [7, 11) is 0. The van der Waals surface area contributed by atoms with Gasteiger partial charge in [0.1, 0.15) is 12.4 Å². The van der Waals surface area contributed by atoms with Crippen LogP contribution in [0.15, 0.2) is 53.1 Å². The molecule has 0 saturated heterocycles. The lowest BCUT2D eigenvalue weighted by Crippen LogP contribution is -2.01. The number of carboxylic acid groups (broad SMARTS) is 1. The van der Waals surface area contributed by atoms with E-state index in [9.17, 15) is 9.90 Å². The molecule has 0 bridgehead atoms. The highest BCUT2D eigenvalue weighted by molar-refractivity contribution is 9.10. The number of carbonyl (C=O) groups is 1. The molecule has 0 amide bonds. The maximum atomic E-state index is 11.4. The Morgan fingerprint density at radius 3 is 2.65 bits per heavy atom. The summed E-state index contributed by atoms with van der Waals surface area (Å²) in [5, 5.41) is 10.2. The van der Waals surface area contributed by atoms with Crippen molar-refractivity contribution in [1.82, 2.24) is 4.57 Å². The number of carboxylic acids is 1. The molecule has 1 N–H and O–H groups in total. The third kappa shape index (κ3) is 3.10. The number of benzene rings is 2. The van der Waals surface area contributed by atoms with Gasteiger partial charge >= 0.3 is 5.97 Å². The van der Waals surface area contributed by atoms with Gasteiger partial charge in [-0.15, -0.1) is 0 Å². The zero-order valence-electron chi connectivity index (χ0n) is 12.6. The first-order valence-electron chi connectivity index (χ1n) is 7.32. The Hall–Kier alpha value is -2.27. The highest BCUT2D eigenvalue weighted by Gasteiger charge is 2.16. The average molecular weight is 374 g/mol. The van der Waals surface area contributed by atoms with Gasteiger partial charge in [-0.1, -0.05) is 30.3 Å². The molecule has 0 fully saturated rings. The van der Waals surface area contributed by atoms with Crippen molar-refractivity contribution in [2.24, 2.45) is 0 Å². The molecule has 3 rings (SSSR count). The van der Waals surface area contributed by atoms with Crippen molar-refractivity contribution >= 4 is 32.8 Å². The van der Waals surface area contributed by atoms with Crippen LogP contribution in [0.4, 0.5) is 0 Å². The number of fused-ring (bicyclic) bond motifs is 1. The Balaban J connectivity index is 2.06. The first-order chi connectivity index (χ1) is 11.1. The number of aryl methyl sites for hydroxylation is 1. The molecule has 0 aliphatic carbocycles. The van der Waals surface area contributed by atoms with Crippen LogP contribution in [0.2, 0.25) is 0 Å². The Morgan fingerprint density at radius 1 is 1.26 bits per heavy atom. The van der Waals surface area contributed by atoms with E-state index in [2.05, 4.69) is 15.9 Å². The maximum Gasteiger partial charge on any atom is 0.335 e. The molecule has 2 aromatic carbocycles. The highest BCUT2D eigenvalue weighted by Crippen LogP contribution is 2.36. The molecule has 1 heterocycles. The van der Waals surface area contributed by atoms with Crippen molar-refractivity contribution in [2.45, 2.75) is 20.1 Å². The molecule has 0 unspecified atom stereocenters. The van der Waals surface area contributed by atoms with E-state index < -0.39 is 5.97 Å².